The number of nitriles is 1. The van der Waals surface area contributed by atoms with Crippen molar-refractivity contribution in [3.63, 3.8) is 0 Å². The molecule has 1 unspecified atom stereocenters. The Bertz CT molecular complexity index is 422. The molecule has 1 aromatic carbocycles. The lowest BCUT2D eigenvalue weighted by atomic mass is 10.1. The summed E-state index contributed by atoms with van der Waals surface area (Å²) in [7, 11) is 0. The van der Waals surface area contributed by atoms with Gasteiger partial charge in [0.15, 0.2) is 0 Å². The minimum absolute atomic E-state index is 0.553. The van der Waals surface area contributed by atoms with Crippen LogP contribution in [0.1, 0.15) is 31.7 Å². The highest BCUT2D eigenvalue weighted by Gasteiger charge is 2.23. The standard InChI is InChI=1S/C13H15ClN2/c1-2-11-4-3-7-16(11)12-6-5-10(9-15)13(14)8-12/h5-6,8,11H,2-4,7H2,1H3. The second-order valence-electron chi connectivity index (χ2n) is 4.17. The van der Waals surface area contributed by atoms with E-state index in [1.54, 1.807) is 0 Å². The fourth-order valence-corrected chi connectivity index (χ4v) is 2.59. The predicted molar refractivity (Wildman–Crippen MR) is 66.8 cm³/mol. The van der Waals surface area contributed by atoms with Gasteiger partial charge in [-0.15, -0.1) is 0 Å². The first kappa shape index (κ1) is 11.3. The largest absolute Gasteiger partial charge is 0.369 e. The summed E-state index contributed by atoms with van der Waals surface area (Å²) in [6.07, 6.45) is 3.67. The van der Waals surface area contributed by atoms with Crippen LogP contribution in [0.3, 0.4) is 0 Å². The SMILES string of the molecule is CCC1CCCN1c1ccc(C#N)c(Cl)c1. The van der Waals surface area contributed by atoms with E-state index in [2.05, 4.69) is 17.9 Å². The topological polar surface area (TPSA) is 27.0 Å². The van der Waals surface area contributed by atoms with Crippen molar-refractivity contribution in [2.24, 2.45) is 0 Å². The highest BCUT2D eigenvalue weighted by atomic mass is 35.5. The first-order valence-electron chi connectivity index (χ1n) is 5.72. The van der Waals surface area contributed by atoms with Gasteiger partial charge in [0.2, 0.25) is 0 Å². The van der Waals surface area contributed by atoms with E-state index in [9.17, 15) is 0 Å². The van der Waals surface area contributed by atoms with Gasteiger partial charge in [-0.05, 0) is 37.5 Å². The normalized spacial score (nSPS) is 19.8. The van der Waals surface area contributed by atoms with E-state index in [4.69, 9.17) is 16.9 Å². The number of hydrogen-bond donors (Lipinski definition) is 0. The monoisotopic (exact) mass is 234 g/mol. The fraction of sp³-hybridized carbons (Fsp3) is 0.462. The molecule has 0 saturated carbocycles. The van der Waals surface area contributed by atoms with Crippen molar-refractivity contribution in [1.29, 1.82) is 5.26 Å². The molecular weight excluding hydrogens is 220 g/mol. The van der Waals surface area contributed by atoms with E-state index >= 15 is 0 Å². The van der Waals surface area contributed by atoms with Gasteiger partial charge < -0.3 is 4.90 Å². The Morgan fingerprint density at radius 3 is 3.00 bits per heavy atom. The summed E-state index contributed by atoms with van der Waals surface area (Å²) in [5, 5.41) is 9.38. The van der Waals surface area contributed by atoms with Crippen LogP contribution in [-0.2, 0) is 0 Å². The van der Waals surface area contributed by atoms with Crippen molar-refractivity contribution in [1.82, 2.24) is 0 Å². The second kappa shape index (κ2) is 4.76. The number of anilines is 1. The Balaban J connectivity index is 2.28. The van der Waals surface area contributed by atoms with Crippen LogP contribution in [-0.4, -0.2) is 12.6 Å². The maximum absolute atomic E-state index is 8.82. The van der Waals surface area contributed by atoms with E-state index < -0.39 is 0 Å². The zero-order valence-corrected chi connectivity index (χ0v) is 10.2. The average Bonchev–Trinajstić information content (AvgIpc) is 2.77. The molecule has 0 aliphatic carbocycles. The zero-order chi connectivity index (χ0) is 11.5. The van der Waals surface area contributed by atoms with Gasteiger partial charge in [0, 0.05) is 18.3 Å². The summed E-state index contributed by atoms with van der Waals surface area (Å²) < 4.78 is 0. The molecule has 16 heavy (non-hydrogen) atoms. The van der Waals surface area contributed by atoms with Gasteiger partial charge in [-0.25, -0.2) is 0 Å². The Kier molecular flexibility index (Phi) is 3.36. The number of nitrogens with zero attached hydrogens (tertiary/aromatic N) is 2. The number of halogens is 1. The summed E-state index contributed by atoms with van der Waals surface area (Å²) in [6, 6.07) is 8.43. The smallest absolute Gasteiger partial charge is 0.101 e. The molecule has 1 aliphatic heterocycles. The van der Waals surface area contributed by atoms with Gasteiger partial charge in [-0.3, -0.25) is 0 Å². The van der Waals surface area contributed by atoms with Crippen LogP contribution in [0.15, 0.2) is 18.2 Å². The number of hydrogen-bond acceptors (Lipinski definition) is 2. The summed E-state index contributed by atoms with van der Waals surface area (Å²) >= 11 is 6.05. The first-order chi connectivity index (χ1) is 7.76. The Morgan fingerprint density at radius 2 is 2.38 bits per heavy atom. The molecule has 1 atom stereocenters. The molecular formula is C13H15ClN2. The molecule has 0 N–H and O–H groups in total. The van der Waals surface area contributed by atoms with Crippen molar-refractivity contribution in [3.8, 4) is 6.07 Å². The fourth-order valence-electron chi connectivity index (χ4n) is 2.37. The Hall–Kier alpha value is -1.20. The molecule has 1 aliphatic rings. The molecule has 0 aromatic heterocycles. The van der Waals surface area contributed by atoms with Crippen LogP contribution in [0.25, 0.3) is 0 Å². The van der Waals surface area contributed by atoms with Crippen molar-refractivity contribution in [2.75, 3.05) is 11.4 Å². The second-order valence-corrected chi connectivity index (χ2v) is 4.58. The molecule has 1 aromatic rings. The van der Waals surface area contributed by atoms with Crippen molar-refractivity contribution >= 4 is 17.3 Å². The lowest BCUT2D eigenvalue weighted by Gasteiger charge is -2.26. The van der Waals surface area contributed by atoms with Crippen LogP contribution in [0.2, 0.25) is 5.02 Å². The van der Waals surface area contributed by atoms with Crippen LogP contribution >= 0.6 is 11.6 Å². The molecule has 1 heterocycles. The molecule has 1 saturated heterocycles. The molecule has 1 fully saturated rings. The van der Waals surface area contributed by atoms with Crippen LogP contribution in [0, 0.1) is 11.3 Å². The molecule has 0 amide bonds. The minimum Gasteiger partial charge on any atom is -0.369 e. The number of benzene rings is 1. The van der Waals surface area contributed by atoms with E-state index in [-0.39, 0.29) is 0 Å². The molecule has 3 heteroatoms. The molecule has 0 bridgehead atoms. The highest BCUT2D eigenvalue weighted by molar-refractivity contribution is 6.32. The first-order valence-corrected chi connectivity index (χ1v) is 6.10. The average molecular weight is 235 g/mol. The number of rotatable bonds is 2. The Labute approximate surface area is 101 Å². The molecule has 2 rings (SSSR count). The van der Waals surface area contributed by atoms with Crippen LogP contribution < -0.4 is 4.90 Å². The van der Waals surface area contributed by atoms with Crippen molar-refractivity contribution in [2.45, 2.75) is 32.2 Å². The van der Waals surface area contributed by atoms with E-state index in [1.165, 1.54) is 12.8 Å². The summed E-state index contributed by atoms with van der Waals surface area (Å²) in [5.41, 5.74) is 1.70. The van der Waals surface area contributed by atoms with Gasteiger partial charge in [0.25, 0.3) is 0 Å². The quantitative estimate of drug-likeness (QED) is 0.782. The van der Waals surface area contributed by atoms with Gasteiger partial charge in [0.1, 0.15) is 6.07 Å². The van der Waals surface area contributed by atoms with E-state index in [1.807, 2.05) is 18.2 Å². The van der Waals surface area contributed by atoms with Crippen molar-refractivity contribution in [3.05, 3.63) is 28.8 Å². The third kappa shape index (κ3) is 2.01. The summed E-state index contributed by atoms with van der Waals surface area (Å²) in [4.78, 5) is 2.40. The van der Waals surface area contributed by atoms with Crippen LogP contribution in [0.4, 0.5) is 5.69 Å². The summed E-state index contributed by atoms with van der Waals surface area (Å²) in [5.74, 6) is 0. The molecule has 0 spiro atoms. The van der Waals surface area contributed by atoms with Gasteiger partial charge in [-0.2, -0.15) is 5.26 Å². The van der Waals surface area contributed by atoms with Crippen LogP contribution in [0.5, 0.6) is 0 Å². The van der Waals surface area contributed by atoms with Crippen molar-refractivity contribution < 1.29 is 0 Å². The maximum atomic E-state index is 8.82. The maximum Gasteiger partial charge on any atom is 0.101 e. The molecule has 2 nitrogen and oxygen atoms in total. The van der Waals surface area contributed by atoms with Gasteiger partial charge in [0.05, 0.1) is 10.6 Å². The molecule has 84 valence electrons. The Morgan fingerprint density at radius 1 is 1.56 bits per heavy atom. The van der Waals surface area contributed by atoms with Gasteiger partial charge in [-0.1, -0.05) is 18.5 Å². The van der Waals surface area contributed by atoms with E-state index in [0.717, 1.165) is 18.7 Å². The lowest BCUT2D eigenvalue weighted by molar-refractivity contribution is 0.645. The third-order valence-corrected chi connectivity index (χ3v) is 3.57. The molecule has 0 radical (unpaired) electrons. The lowest BCUT2D eigenvalue weighted by Crippen LogP contribution is -2.28. The van der Waals surface area contributed by atoms with Gasteiger partial charge >= 0.3 is 0 Å². The highest BCUT2D eigenvalue weighted by Crippen LogP contribution is 2.30. The zero-order valence-electron chi connectivity index (χ0n) is 9.41. The minimum atomic E-state index is 0.553. The summed E-state index contributed by atoms with van der Waals surface area (Å²) in [6.45, 7) is 3.31. The third-order valence-electron chi connectivity index (χ3n) is 3.25. The van der Waals surface area contributed by atoms with E-state index in [0.29, 0.717) is 16.6 Å². The predicted octanol–water partition coefficient (Wildman–Crippen LogP) is 3.59.